The van der Waals surface area contributed by atoms with Crippen LogP contribution in [-0.2, 0) is 0 Å². The zero-order valence-corrected chi connectivity index (χ0v) is 16.3. The molecule has 9 heteroatoms. The molecule has 5 rings (SSSR count). The van der Waals surface area contributed by atoms with Crippen molar-refractivity contribution in [1.29, 1.82) is 0 Å². The minimum absolute atomic E-state index is 0.0156. The number of ether oxygens (including phenoxy) is 1. The molecule has 3 atom stereocenters. The molecule has 2 unspecified atom stereocenters. The molecule has 3 aromatic rings. The Labute approximate surface area is 167 Å². The number of aromatic nitrogens is 6. The highest BCUT2D eigenvalue weighted by atomic mass is 16.5. The number of amides is 1. The number of hydrogen-bond acceptors (Lipinski definition) is 7. The quantitative estimate of drug-likeness (QED) is 0.668. The first-order chi connectivity index (χ1) is 14.1. The number of rotatable bonds is 4. The summed E-state index contributed by atoms with van der Waals surface area (Å²) in [6.07, 6.45) is 8.34. The van der Waals surface area contributed by atoms with Crippen LogP contribution in [0.4, 0.5) is 0 Å². The molecular weight excluding hydrogens is 370 g/mol. The van der Waals surface area contributed by atoms with Gasteiger partial charge in [-0.1, -0.05) is 0 Å². The van der Waals surface area contributed by atoms with Crippen molar-refractivity contribution >= 4 is 5.91 Å². The van der Waals surface area contributed by atoms with Gasteiger partial charge in [-0.2, -0.15) is 10.2 Å². The lowest BCUT2D eigenvalue weighted by Crippen LogP contribution is -2.47. The van der Waals surface area contributed by atoms with Gasteiger partial charge >= 0.3 is 6.01 Å². The van der Waals surface area contributed by atoms with Crippen LogP contribution in [0.1, 0.15) is 34.6 Å². The van der Waals surface area contributed by atoms with Crippen molar-refractivity contribution in [3.05, 3.63) is 53.9 Å². The largest absolute Gasteiger partial charge is 0.458 e. The fourth-order valence-electron chi connectivity index (χ4n) is 4.25. The van der Waals surface area contributed by atoms with E-state index in [1.54, 1.807) is 24.8 Å². The maximum absolute atomic E-state index is 13.5. The Kier molecular flexibility index (Phi) is 4.22. The van der Waals surface area contributed by atoms with Crippen molar-refractivity contribution in [2.24, 2.45) is 5.92 Å². The average molecular weight is 391 g/mol. The Hall–Kier alpha value is -3.36. The van der Waals surface area contributed by atoms with Crippen LogP contribution in [0.25, 0.3) is 5.69 Å². The summed E-state index contributed by atoms with van der Waals surface area (Å²) in [5.74, 6) is 0.294. The third-order valence-electron chi connectivity index (χ3n) is 5.55. The molecule has 0 N–H and O–H groups in total. The number of carbonyl (C=O) groups is 1. The van der Waals surface area contributed by atoms with E-state index in [0.29, 0.717) is 29.9 Å². The molecule has 1 saturated heterocycles. The van der Waals surface area contributed by atoms with Gasteiger partial charge < -0.3 is 9.64 Å². The highest BCUT2D eigenvalue weighted by molar-refractivity contribution is 5.96. The smallest absolute Gasteiger partial charge is 0.316 e. The van der Waals surface area contributed by atoms with Crippen LogP contribution >= 0.6 is 0 Å². The van der Waals surface area contributed by atoms with Crippen LogP contribution in [-0.4, -0.2) is 59.4 Å². The Bertz CT molecular complexity index is 1040. The maximum Gasteiger partial charge on any atom is 0.316 e. The topological polar surface area (TPSA) is 98.9 Å². The summed E-state index contributed by atoms with van der Waals surface area (Å²) in [6, 6.07) is 4.03. The van der Waals surface area contributed by atoms with Gasteiger partial charge in [0.15, 0.2) is 5.69 Å². The van der Waals surface area contributed by atoms with Crippen molar-refractivity contribution in [3.8, 4) is 11.7 Å². The Morgan fingerprint density at radius 1 is 1.10 bits per heavy atom. The second-order valence-corrected chi connectivity index (χ2v) is 7.70. The van der Waals surface area contributed by atoms with E-state index in [1.807, 2.05) is 30.9 Å². The summed E-state index contributed by atoms with van der Waals surface area (Å²) >= 11 is 0. The van der Waals surface area contributed by atoms with Gasteiger partial charge in [-0.05, 0) is 50.3 Å². The van der Waals surface area contributed by atoms with Crippen LogP contribution in [0.2, 0.25) is 0 Å². The van der Waals surface area contributed by atoms with Crippen molar-refractivity contribution in [2.75, 3.05) is 6.54 Å². The normalized spacial score (nSPS) is 22.8. The number of hydrogen-bond donors (Lipinski definition) is 0. The Morgan fingerprint density at radius 3 is 2.59 bits per heavy atom. The van der Waals surface area contributed by atoms with Crippen LogP contribution in [0.5, 0.6) is 6.01 Å². The highest BCUT2D eigenvalue weighted by Crippen LogP contribution is 2.40. The number of nitrogens with zero attached hydrogens (tertiary/aromatic N) is 7. The van der Waals surface area contributed by atoms with E-state index in [0.717, 1.165) is 24.1 Å². The third-order valence-corrected chi connectivity index (χ3v) is 5.55. The van der Waals surface area contributed by atoms with E-state index < -0.39 is 0 Å². The first kappa shape index (κ1) is 17.7. The molecule has 148 valence electrons. The monoisotopic (exact) mass is 391 g/mol. The zero-order valence-electron chi connectivity index (χ0n) is 16.3. The first-order valence-electron chi connectivity index (χ1n) is 9.69. The lowest BCUT2D eigenvalue weighted by molar-refractivity contribution is 0.0447. The summed E-state index contributed by atoms with van der Waals surface area (Å²) in [7, 11) is 0. The van der Waals surface area contributed by atoms with Crippen LogP contribution in [0.15, 0.2) is 36.9 Å². The SMILES string of the molecule is Cc1cnc(O[C@H]2CC3CC2N(C(=O)c2nc(C)ccc2-n2nccn2)C3)nc1. The van der Waals surface area contributed by atoms with Crippen LogP contribution < -0.4 is 4.74 Å². The van der Waals surface area contributed by atoms with Gasteiger partial charge in [0.25, 0.3) is 5.91 Å². The molecule has 1 saturated carbocycles. The van der Waals surface area contributed by atoms with Crippen LogP contribution in [0.3, 0.4) is 0 Å². The number of carbonyl (C=O) groups excluding carboxylic acids is 1. The molecule has 9 nitrogen and oxygen atoms in total. The molecule has 0 aromatic carbocycles. The molecule has 2 aliphatic rings. The van der Waals surface area contributed by atoms with Crippen molar-refractivity contribution in [2.45, 2.75) is 38.8 Å². The summed E-state index contributed by atoms with van der Waals surface area (Å²) in [4.78, 5) is 29.8. The number of piperidine rings is 1. The number of fused-ring (bicyclic) bond motifs is 2. The van der Waals surface area contributed by atoms with Gasteiger partial charge in [0.2, 0.25) is 0 Å². The van der Waals surface area contributed by atoms with E-state index in [9.17, 15) is 4.79 Å². The standard InChI is InChI=1S/C20H21N7O2/c1-12-9-21-20(22-10-12)29-17-8-14-7-16(17)26(11-14)19(28)18-15(4-3-13(2)25-18)27-23-5-6-24-27/h3-6,9-10,14,16-17H,7-8,11H2,1-2H3/t14?,16?,17-/m0/s1. The number of aryl methyl sites for hydroxylation is 2. The van der Waals surface area contributed by atoms with Gasteiger partial charge in [-0.15, -0.1) is 4.80 Å². The minimum atomic E-state index is -0.119. The molecule has 29 heavy (non-hydrogen) atoms. The Balaban J connectivity index is 1.41. The molecule has 4 heterocycles. The maximum atomic E-state index is 13.5. The number of likely N-dealkylation sites (tertiary alicyclic amines) is 1. The van der Waals surface area contributed by atoms with E-state index in [2.05, 4.69) is 25.1 Å². The Morgan fingerprint density at radius 2 is 1.86 bits per heavy atom. The molecule has 0 spiro atoms. The predicted molar refractivity (Wildman–Crippen MR) is 103 cm³/mol. The molecule has 3 aromatic heterocycles. The molecule has 1 aliphatic carbocycles. The van der Waals surface area contributed by atoms with Gasteiger partial charge in [0, 0.05) is 24.6 Å². The molecule has 0 radical (unpaired) electrons. The number of pyridine rings is 1. The van der Waals surface area contributed by atoms with Gasteiger partial charge in [-0.3, -0.25) is 4.79 Å². The van der Waals surface area contributed by atoms with Crippen molar-refractivity contribution in [1.82, 2.24) is 34.8 Å². The van der Waals surface area contributed by atoms with Crippen molar-refractivity contribution < 1.29 is 9.53 Å². The van der Waals surface area contributed by atoms with E-state index in [-0.39, 0.29) is 18.1 Å². The second-order valence-electron chi connectivity index (χ2n) is 7.70. The molecule has 1 aliphatic heterocycles. The third kappa shape index (κ3) is 3.22. The fraction of sp³-hybridized carbons (Fsp3) is 0.400. The van der Waals surface area contributed by atoms with Gasteiger partial charge in [-0.25, -0.2) is 15.0 Å². The van der Waals surface area contributed by atoms with Gasteiger partial charge in [0.05, 0.1) is 18.4 Å². The fourth-order valence-corrected chi connectivity index (χ4v) is 4.25. The van der Waals surface area contributed by atoms with Gasteiger partial charge in [0.1, 0.15) is 11.8 Å². The summed E-state index contributed by atoms with van der Waals surface area (Å²) in [5, 5.41) is 8.33. The van der Waals surface area contributed by atoms with E-state index in [4.69, 9.17) is 4.74 Å². The summed E-state index contributed by atoms with van der Waals surface area (Å²) < 4.78 is 6.04. The first-order valence-corrected chi connectivity index (χ1v) is 9.69. The van der Waals surface area contributed by atoms with E-state index in [1.165, 1.54) is 4.80 Å². The highest BCUT2D eigenvalue weighted by Gasteiger charge is 2.49. The van der Waals surface area contributed by atoms with E-state index >= 15 is 0 Å². The predicted octanol–water partition coefficient (Wildman–Crippen LogP) is 1.75. The summed E-state index contributed by atoms with van der Waals surface area (Å²) in [6.45, 7) is 4.51. The second kappa shape index (κ2) is 6.91. The minimum Gasteiger partial charge on any atom is -0.458 e. The molecule has 2 fully saturated rings. The zero-order chi connectivity index (χ0) is 20.0. The molecule has 2 bridgehead atoms. The summed E-state index contributed by atoms with van der Waals surface area (Å²) in [5.41, 5.74) is 2.69. The molecular formula is C20H21N7O2. The van der Waals surface area contributed by atoms with Crippen LogP contribution in [0, 0.1) is 19.8 Å². The average Bonchev–Trinajstić information content (AvgIpc) is 3.46. The lowest BCUT2D eigenvalue weighted by Gasteiger charge is -2.33. The van der Waals surface area contributed by atoms with Crippen molar-refractivity contribution in [3.63, 3.8) is 0 Å². The molecule has 1 amide bonds. The lowest BCUT2D eigenvalue weighted by atomic mass is 10.1.